The first-order valence-electron chi connectivity index (χ1n) is 13.7. The number of amides is 1. The van der Waals surface area contributed by atoms with Crippen molar-refractivity contribution in [3.8, 4) is 5.88 Å². The van der Waals surface area contributed by atoms with E-state index in [1.807, 2.05) is 32.0 Å². The number of carbonyl (C=O) groups excluding carboxylic acids is 2. The molecule has 3 aromatic rings. The van der Waals surface area contributed by atoms with E-state index < -0.39 is 15.6 Å². The Morgan fingerprint density at radius 3 is 2.42 bits per heavy atom. The first-order chi connectivity index (χ1) is 20.4. The number of oxime groups is 1. The van der Waals surface area contributed by atoms with Gasteiger partial charge in [0.25, 0.3) is 0 Å². The van der Waals surface area contributed by atoms with Crippen molar-refractivity contribution >= 4 is 44.5 Å². The second-order valence-electron chi connectivity index (χ2n) is 9.85. The van der Waals surface area contributed by atoms with E-state index >= 15 is 0 Å². The fraction of sp³-hybridized carbons (Fsp3) is 0.400. The van der Waals surface area contributed by atoms with Crippen LogP contribution in [0.4, 0.5) is 5.69 Å². The van der Waals surface area contributed by atoms with Crippen molar-refractivity contribution in [2.75, 3.05) is 37.0 Å². The number of benzene rings is 2. The Labute approximate surface area is 257 Å². The van der Waals surface area contributed by atoms with Gasteiger partial charge in [0, 0.05) is 37.5 Å². The number of halogens is 1. The summed E-state index contributed by atoms with van der Waals surface area (Å²) >= 11 is 5.68. The molecule has 2 aromatic carbocycles. The maximum atomic E-state index is 12.8. The number of hydrogen-bond donors (Lipinski definition) is 1. The number of aromatic hydroxyl groups is 1. The highest BCUT2D eigenvalue weighted by atomic mass is 35.5. The number of ketones is 1. The minimum atomic E-state index is -3.52. The monoisotopic (exact) mass is 632 g/mol. The Morgan fingerprint density at radius 1 is 1.16 bits per heavy atom. The van der Waals surface area contributed by atoms with Crippen LogP contribution in [0.5, 0.6) is 5.88 Å². The molecule has 1 aliphatic rings. The molecular weight excluding hydrogens is 596 g/mol. The van der Waals surface area contributed by atoms with Gasteiger partial charge in [-0.15, -0.1) is 11.6 Å². The quantitative estimate of drug-likeness (QED) is 0.198. The predicted octanol–water partition coefficient (Wildman–Crippen LogP) is 4.32. The number of alkyl halides is 1. The van der Waals surface area contributed by atoms with Gasteiger partial charge in [-0.25, -0.2) is 13.1 Å². The maximum Gasteiger partial charge on any atom is 0.243 e. The molecule has 0 saturated heterocycles. The Balaban J connectivity index is 0.000000250. The zero-order valence-corrected chi connectivity index (χ0v) is 26.8. The van der Waals surface area contributed by atoms with Crippen LogP contribution in [-0.2, 0) is 37.7 Å². The third kappa shape index (κ3) is 7.62. The molecule has 11 nitrogen and oxygen atoms in total. The summed E-state index contributed by atoms with van der Waals surface area (Å²) in [6.45, 7) is 8.81. The van der Waals surface area contributed by atoms with Gasteiger partial charge in [-0.05, 0) is 56.0 Å². The smallest absolute Gasteiger partial charge is 0.243 e. The largest absolute Gasteiger partial charge is 0.493 e. The second-order valence-corrected chi connectivity index (χ2v) is 12.1. The van der Waals surface area contributed by atoms with Crippen LogP contribution >= 0.6 is 11.6 Å². The molecule has 232 valence electrons. The Bertz CT molecular complexity index is 1630. The van der Waals surface area contributed by atoms with Crippen molar-refractivity contribution in [1.29, 1.82) is 0 Å². The van der Waals surface area contributed by atoms with Crippen LogP contribution in [0.3, 0.4) is 0 Å². The number of nitrogens with zero attached hydrogens (tertiary/aromatic N) is 4. The number of rotatable bonds is 10. The van der Waals surface area contributed by atoms with Crippen molar-refractivity contribution in [1.82, 2.24) is 9.78 Å². The first-order valence-corrected chi connectivity index (χ1v) is 16.1. The molecule has 13 heteroatoms. The fourth-order valence-electron chi connectivity index (χ4n) is 4.73. The van der Waals surface area contributed by atoms with E-state index in [0.717, 1.165) is 29.5 Å². The van der Waals surface area contributed by atoms with E-state index in [4.69, 9.17) is 21.2 Å². The number of para-hydroxylation sites is 1. The van der Waals surface area contributed by atoms with Gasteiger partial charge in [0.05, 0.1) is 22.5 Å². The average Bonchev–Trinajstić information content (AvgIpc) is 3.63. The highest BCUT2D eigenvalue weighted by molar-refractivity contribution is 7.90. The number of aryl methyl sites for hydroxylation is 3. The zero-order chi connectivity index (χ0) is 31.9. The Kier molecular flexibility index (Phi) is 11.5. The normalized spacial score (nSPS) is 12.7. The number of sulfone groups is 1. The van der Waals surface area contributed by atoms with E-state index in [0.29, 0.717) is 36.5 Å². The van der Waals surface area contributed by atoms with E-state index in [2.05, 4.69) is 17.2 Å². The summed E-state index contributed by atoms with van der Waals surface area (Å²) in [7, 11) is -2.00. The van der Waals surface area contributed by atoms with Crippen LogP contribution in [-0.4, -0.2) is 72.8 Å². The summed E-state index contributed by atoms with van der Waals surface area (Å²) in [5, 5.41) is 17.7. The van der Waals surface area contributed by atoms with E-state index in [1.54, 1.807) is 11.8 Å². The van der Waals surface area contributed by atoms with Gasteiger partial charge in [0.2, 0.25) is 11.8 Å². The van der Waals surface area contributed by atoms with Gasteiger partial charge in [0.1, 0.15) is 24.8 Å². The van der Waals surface area contributed by atoms with Gasteiger partial charge in [-0.2, -0.15) is 5.10 Å². The zero-order valence-electron chi connectivity index (χ0n) is 25.2. The molecule has 43 heavy (non-hydrogen) atoms. The van der Waals surface area contributed by atoms with Gasteiger partial charge in [0.15, 0.2) is 15.6 Å². The van der Waals surface area contributed by atoms with Crippen LogP contribution in [0.25, 0.3) is 0 Å². The number of ether oxygens (including phenoxy) is 1. The number of aromatic nitrogens is 2. The first kappa shape index (κ1) is 33.8. The molecule has 1 N–H and O–H groups in total. The highest BCUT2D eigenvalue weighted by Crippen LogP contribution is 2.30. The summed E-state index contributed by atoms with van der Waals surface area (Å²) in [5.41, 5.74) is 4.80. The summed E-state index contributed by atoms with van der Waals surface area (Å²) < 4.78 is 30.8. The topological polar surface area (TPSA) is 140 Å². The van der Waals surface area contributed by atoms with E-state index in [-0.39, 0.29) is 40.4 Å². The van der Waals surface area contributed by atoms with Gasteiger partial charge in [-0.3, -0.25) is 14.5 Å². The van der Waals surface area contributed by atoms with E-state index in [9.17, 15) is 23.1 Å². The van der Waals surface area contributed by atoms with Gasteiger partial charge < -0.3 is 14.7 Å². The van der Waals surface area contributed by atoms with Crippen LogP contribution in [0, 0.1) is 13.8 Å². The molecule has 1 aliphatic heterocycles. The van der Waals surface area contributed by atoms with Crippen molar-refractivity contribution in [2.24, 2.45) is 12.2 Å². The summed E-state index contributed by atoms with van der Waals surface area (Å²) in [6, 6.07) is 8.86. The SMILES string of the molecule is CCOCN(C(=O)CCl)c1c(C)cccc1CC.Cc1c(C(=O)c2cnn(C)c2O)ccc(S(C)(=O)=O)c1C1=NOCC1. The van der Waals surface area contributed by atoms with Crippen LogP contribution < -0.4 is 4.90 Å². The molecule has 4 rings (SSSR count). The molecule has 0 atom stereocenters. The lowest BCUT2D eigenvalue weighted by Crippen LogP contribution is -2.35. The van der Waals surface area contributed by atoms with Crippen LogP contribution in [0.1, 0.15) is 58.4 Å². The molecule has 0 fully saturated rings. The van der Waals surface area contributed by atoms with Crippen molar-refractivity contribution < 1.29 is 32.7 Å². The molecule has 0 unspecified atom stereocenters. The van der Waals surface area contributed by atoms with Gasteiger partial charge >= 0.3 is 0 Å². The number of hydrogen-bond acceptors (Lipinski definition) is 9. The number of carbonyl (C=O) groups is 2. The van der Waals surface area contributed by atoms with Crippen molar-refractivity contribution in [3.63, 3.8) is 0 Å². The number of anilines is 1. The molecule has 0 spiro atoms. The predicted molar refractivity (Wildman–Crippen MR) is 165 cm³/mol. The lowest BCUT2D eigenvalue weighted by Gasteiger charge is -2.25. The van der Waals surface area contributed by atoms with Crippen molar-refractivity contribution in [2.45, 2.75) is 45.4 Å². The van der Waals surface area contributed by atoms with Crippen molar-refractivity contribution in [3.05, 3.63) is 69.9 Å². The lowest BCUT2D eigenvalue weighted by atomic mass is 9.93. The molecule has 2 heterocycles. The Hall–Kier alpha value is -3.74. The molecular formula is C30H37ClN4O7S. The Morgan fingerprint density at radius 2 is 1.88 bits per heavy atom. The summed E-state index contributed by atoms with van der Waals surface area (Å²) in [6.07, 6.45) is 3.71. The maximum absolute atomic E-state index is 12.8. The lowest BCUT2D eigenvalue weighted by molar-refractivity contribution is -0.117. The third-order valence-corrected chi connectivity index (χ3v) is 8.30. The van der Waals surface area contributed by atoms with E-state index in [1.165, 1.54) is 30.1 Å². The minimum Gasteiger partial charge on any atom is -0.493 e. The third-order valence-electron chi connectivity index (χ3n) is 6.93. The molecule has 1 amide bonds. The molecule has 0 aliphatic carbocycles. The summed E-state index contributed by atoms with van der Waals surface area (Å²) in [5.74, 6) is -0.859. The van der Waals surface area contributed by atoms with Crippen LogP contribution in [0.2, 0.25) is 0 Å². The van der Waals surface area contributed by atoms with Crippen LogP contribution in [0.15, 0.2) is 46.6 Å². The second kappa shape index (κ2) is 14.6. The molecule has 0 radical (unpaired) electrons. The standard InChI is InChI=1S/C16H17N3O5S.C14H20ClNO2/c1-9-10(15(20)11-8-17-19(2)16(11)21)4-5-13(25(3,22)23)14(9)12-6-7-24-18-12;1-4-12-8-6-7-11(3)14(12)16(10-18-5-2)13(17)9-15/h4-5,8,21H,6-7H2,1-3H3;6-8H,4-5,9-10H2,1-3H3. The molecule has 0 bridgehead atoms. The fourth-order valence-corrected chi connectivity index (χ4v) is 5.83. The highest BCUT2D eigenvalue weighted by Gasteiger charge is 2.27. The molecule has 1 aromatic heterocycles. The molecule has 0 saturated carbocycles. The van der Waals surface area contributed by atoms with Gasteiger partial charge in [-0.1, -0.05) is 30.3 Å². The summed E-state index contributed by atoms with van der Waals surface area (Å²) in [4.78, 5) is 31.5. The average molecular weight is 633 g/mol. The minimum absolute atomic E-state index is 0.0371.